The quantitative estimate of drug-likeness (QED) is 0.457. The molecule has 1 heterocycles. The summed E-state index contributed by atoms with van der Waals surface area (Å²) < 4.78 is 10.6. The summed E-state index contributed by atoms with van der Waals surface area (Å²) in [4.78, 5) is 12.7. The molecule has 0 radical (unpaired) electrons. The Morgan fingerprint density at radius 1 is 0.767 bits per heavy atom. The first kappa shape index (κ1) is 18.1. The van der Waals surface area contributed by atoms with Gasteiger partial charge in [-0.15, -0.1) is 0 Å². The van der Waals surface area contributed by atoms with Crippen LogP contribution >= 0.6 is 0 Å². The van der Waals surface area contributed by atoms with Crippen molar-refractivity contribution >= 4 is 28.1 Å². The van der Waals surface area contributed by atoms with Crippen LogP contribution in [-0.4, -0.2) is 20.1 Å². The molecule has 0 unspecified atom stereocenters. The molecule has 148 valence electrons. The minimum Gasteiger partial charge on any atom is -0.497 e. The van der Waals surface area contributed by atoms with Crippen molar-refractivity contribution in [2.24, 2.45) is 0 Å². The van der Waals surface area contributed by atoms with Crippen LogP contribution in [0, 0.1) is 0 Å². The number of carbonyl (C=O) groups excluding carboxylic acids is 1. The lowest BCUT2D eigenvalue weighted by Gasteiger charge is -2.18. The molecule has 3 N–H and O–H groups in total. The van der Waals surface area contributed by atoms with E-state index in [2.05, 4.69) is 5.32 Å². The standard InChI is InChI=1S/C25H20N2O3/c1-29-16-10-6-14(7-11-16)20-18-4-3-5-19-22(18)24(27-25(19)28)21(23(20)26)15-8-12-17(30-2)13-9-15/h3-13H,26H2,1-2H3,(H,27,28). The molecule has 0 aliphatic carbocycles. The molecule has 0 atom stereocenters. The maximum Gasteiger partial charge on any atom is 0.256 e. The molecule has 0 fully saturated rings. The topological polar surface area (TPSA) is 73.6 Å². The Kier molecular flexibility index (Phi) is 4.10. The molecule has 5 heteroatoms. The van der Waals surface area contributed by atoms with Crippen molar-refractivity contribution < 1.29 is 14.3 Å². The van der Waals surface area contributed by atoms with Gasteiger partial charge in [0.05, 0.1) is 25.6 Å². The molecular weight excluding hydrogens is 376 g/mol. The number of nitrogens with two attached hydrogens (primary N) is 1. The van der Waals surface area contributed by atoms with Gasteiger partial charge in [0, 0.05) is 22.1 Å². The van der Waals surface area contributed by atoms with E-state index in [0.29, 0.717) is 11.3 Å². The molecule has 5 rings (SSSR count). The van der Waals surface area contributed by atoms with E-state index in [1.807, 2.05) is 66.7 Å². The zero-order valence-corrected chi connectivity index (χ0v) is 16.7. The summed E-state index contributed by atoms with van der Waals surface area (Å²) in [6.45, 7) is 0. The molecule has 0 saturated carbocycles. The van der Waals surface area contributed by atoms with Crippen LogP contribution in [0.25, 0.3) is 33.0 Å². The molecule has 1 aliphatic rings. The van der Waals surface area contributed by atoms with Crippen LogP contribution < -0.4 is 20.5 Å². The molecule has 4 aromatic rings. The van der Waals surface area contributed by atoms with Crippen LogP contribution in [0.3, 0.4) is 0 Å². The summed E-state index contributed by atoms with van der Waals surface area (Å²) >= 11 is 0. The van der Waals surface area contributed by atoms with Crippen LogP contribution in [-0.2, 0) is 0 Å². The smallest absolute Gasteiger partial charge is 0.256 e. The van der Waals surface area contributed by atoms with Crippen molar-refractivity contribution in [1.82, 2.24) is 0 Å². The fourth-order valence-corrected chi connectivity index (χ4v) is 4.18. The third-order valence-electron chi connectivity index (χ3n) is 5.61. The Morgan fingerprint density at radius 2 is 1.33 bits per heavy atom. The Balaban J connectivity index is 1.86. The predicted molar refractivity (Wildman–Crippen MR) is 120 cm³/mol. The first-order valence-electron chi connectivity index (χ1n) is 9.60. The van der Waals surface area contributed by atoms with Crippen molar-refractivity contribution in [3.8, 4) is 33.8 Å². The normalized spacial score (nSPS) is 12.1. The first-order valence-corrected chi connectivity index (χ1v) is 9.60. The van der Waals surface area contributed by atoms with Gasteiger partial charge in [-0.25, -0.2) is 0 Å². The predicted octanol–water partition coefficient (Wildman–Crippen LogP) is 5.34. The zero-order valence-electron chi connectivity index (χ0n) is 16.7. The highest BCUT2D eigenvalue weighted by molar-refractivity contribution is 6.30. The van der Waals surface area contributed by atoms with Crippen LogP contribution in [0.5, 0.6) is 11.5 Å². The number of anilines is 2. The van der Waals surface area contributed by atoms with Gasteiger partial charge in [-0.1, -0.05) is 36.4 Å². The molecule has 1 aliphatic heterocycles. The molecule has 4 aromatic carbocycles. The molecule has 0 bridgehead atoms. The molecule has 0 saturated heterocycles. The van der Waals surface area contributed by atoms with Gasteiger partial charge in [-0.05, 0) is 46.8 Å². The monoisotopic (exact) mass is 396 g/mol. The SMILES string of the molecule is COc1ccc(-c2c(N)c(-c3ccc(OC)cc3)c3cccc4c3c2NC4=O)cc1. The van der Waals surface area contributed by atoms with E-state index >= 15 is 0 Å². The lowest BCUT2D eigenvalue weighted by atomic mass is 9.88. The van der Waals surface area contributed by atoms with Gasteiger partial charge in [-0.3, -0.25) is 4.79 Å². The minimum absolute atomic E-state index is 0.114. The highest BCUT2D eigenvalue weighted by Gasteiger charge is 2.29. The number of hydrogen-bond acceptors (Lipinski definition) is 4. The second-order valence-corrected chi connectivity index (χ2v) is 7.18. The van der Waals surface area contributed by atoms with Gasteiger partial charge in [0.2, 0.25) is 0 Å². The van der Waals surface area contributed by atoms with Gasteiger partial charge >= 0.3 is 0 Å². The number of nitrogens with one attached hydrogen (secondary N) is 1. The second-order valence-electron chi connectivity index (χ2n) is 7.18. The average molecular weight is 396 g/mol. The number of methoxy groups -OCH3 is 2. The van der Waals surface area contributed by atoms with Crippen LogP contribution in [0.4, 0.5) is 11.4 Å². The van der Waals surface area contributed by atoms with Gasteiger partial charge in [0.25, 0.3) is 5.91 Å². The number of carbonyl (C=O) groups is 1. The number of hydrogen-bond donors (Lipinski definition) is 2. The van der Waals surface area contributed by atoms with E-state index in [1.54, 1.807) is 14.2 Å². The molecule has 30 heavy (non-hydrogen) atoms. The Bertz CT molecular complexity index is 1290. The molecule has 1 amide bonds. The molecule has 0 aromatic heterocycles. The lowest BCUT2D eigenvalue weighted by molar-refractivity contribution is 0.103. The van der Waals surface area contributed by atoms with Crippen molar-refractivity contribution in [2.75, 3.05) is 25.3 Å². The van der Waals surface area contributed by atoms with Crippen LogP contribution in [0.1, 0.15) is 10.4 Å². The Morgan fingerprint density at radius 3 is 1.90 bits per heavy atom. The Hall–Kier alpha value is -3.99. The molecule has 5 nitrogen and oxygen atoms in total. The number of amides is 1. The zero-order chi connectivity index (χ0) is 20.8. The van der Waals surface area contributed by atoms with Gasteiger partial charge < -0.3 is 20.5 Å². The van der Waals surface area contributed by atoms with Crippen molar-refractivity contribution in [1.29, 1.82) is 0 Å². The summed E-state index contributed by atoms with van der Waals surface area (Å²) in [6.07, 6.45) is 0. The fraction of sp³-hybridized carbons (Fsp3) is 0.0800. The molecule has 0 spiro atoms. The summed E-state index contributed by atoms with van der Waals surface area (Å²) in [7, 11) is 3.27. The Labute approximate surface area is 174 Å². The molecular formula is C25H20N2O3. The lowest BCUT2D eigenvalue weighted by Crippen LogP contribution is -2.05. The van der Waals surface area contributed by atoms with Crippen molar-refractivity contribution in [3.63, 3.8) is 0 Å². The summed E-state index contributed by atoms with van der Waals surface area (Å²) in [5, 5.41) is 4.88. The minimum atomic E-state index is -0.114. The highest BCUT2D eigenvalue weighted by Crippen LogP contribution is 2.50. The average Bonchev–Trinajstić information content (AvgIpc) is 3.12. The maximum absolute atomic E-state index is 12.7. The van der Waals surface area contributed by atoms with Gasteiger partial charge in [0.1, 0.15) is 11.5 Å². The van der Waals surface area contributed by atoms with Crippen molar-refractivity contribution in [2.45, 2.75) is 0 Å². The third kappa shape index (κ3) is 2.59. The summed E-state index contributed by atoms with van der Waals surface area (Å²) in [5.41, 5.74) is 12.4. The van der Waals surface area contributed by atoms with E-state index in [0.717, 1.165) is 50.2 Å². The fourth-order valence-electron chi connectivity index (χ4n) is 4.18. The largest absolute Gasteiger partial charge is 0.497 e. The van der Waals surface area contributed by atoms with Crippen molar-refractivity contribution in [3.05, 3.63) is 72.3 Å². The number of nitrogen functional groups attached to an aromatic ring is 1. The van der Waals surface area contributed by atoms with Gasteiger partial charge in [0.15, 0.2) is 0 Å². The number of rotatable bonds is 4. The highest BCUT2D eigenvalue weighted by atomic mass is 16.5. The number of benzene rings is 4. The van der Waals surface area contributed by atoms with E-state index < -0.39 is 0 Å². The van der Waals surface area contributed by atoms with E-state index in [9.17, 15) is 4.79 Å². The van der Waals surface area contributed by atoms with E-state index in [1.165, 1.54) is 0 Å². The second kappa shape index (κ2) is 6.81. The van der Waals surface area contributed by atoms with E-state index in [4.69, 9.17) is 15.2 Å². The number of ether oxygens (including phenoxy) is 2. The third-order valence-corrected chi connectivity index (χ3v) is 5.61. The van der Waals surface area contributed by atoms with Crippen LogP contribution in [0.2, 0.25) is 0 Å². The summed E-state index contributed by atoms with van der Waals surface area (Å²) in [6, 6.07) is 21.2. The summed E-state index contributed by atoms with van der Waals surface area (Å²) in [5.74, 6) is 1.42. The van der Waals surface area contributed by atoms with E-state index in [-0.39, 0.29) is 5.91 Å². The van der Waals surface area contributed by atoms with Crippen LogP contribution in [0.15, 0.2) is 66.7 Å². The van der Waals surface area contributed by atoms with Gasteiger partial charge in [-0.2, -0.15) is 0 Å². The maximum atomic E-state index is 12.7. The first-order chi connectivity index (χ1) is 14.6.